The average molecular weight is 268 g/mol. The number of hydrogen-bond donors (Lipinski definition) is 2. The number of halogens is 1. The Kier molecular flexibility index (Phi) is 4.90. The second kappa shape index (κ2) is 6.65. The van der Waals surface area contributed by atoms with Crippen LogP contribution in [0.2, 0.25) is 0 Å². The highest BCUT2D eigenvalue weighted by Crippen LogP contribution is 2.26. The minimum Gasteiger partial charge on any atom is -0.396 e. The zero-order chi connectivity index (χ0) is 13.7. The van der Waals surface area contributed by atoms with Crippen LogP contribution >= 0.6 is 0 Å². The Morgan fingerprint density at radius 3 is 3.16 bits per heavy atom. The monoisotopic (exact) mass is 268 g/mol. The van der Waals surface area contributed by atoms with Gasteiger partial charge >= 0.3 is 0 Å². The first kappa shape index (κ1) is 14.0. The molecule has 1 atom stereocenters. The summed E-state index contributed by atoms with van der Waals surface area (Å²) in [7, 11) is 0. The molecule has 1 aliphatic rings. The van der Waals surface area contributed by atoms with Crippen LogP contribution in [0.3, 0.4) is 0 Å². The molecule has 0 radical (unpaired) electrons. The summed E-state index contributed by atoms with van der Waals surface area (Å²) in [5, 5.41) is 12.0. The summed E-state index contributed by atoms with van der Waals surface area (Å²) in [5.41, 5.74) is 0. The molecule has 1 unspecified atom stereocenters. The minimum atomic E-state index is -0.383. The summed E-state index contributed by atoms with van der Waals surface area (Å²) in [5.74, 6) is 0.885. The number of rotatable bonds is 6. The average Bonchev–Trinajstić information content (AvgIpc) is 2.87. The number of nitrogens with one attached hydrogen (secondary N) is 1. The van der Waals surface area contributed by atoms with Gasteiger partial charge in [0.2, 0.25) is 5.95 Å². The molecule has 0 bridgehead atoms. The molecule has 2 heterocycles. The molecule has 2 N–H and O–H groups in total. The van der Waals surface area contributed by atoms with Gasteiger partial charge in [-0.2, -0.15) is 4.98 Å². The van der Waals surface area contributed by atoms with Crippen LogP contribution in [0.5, 0.6) is 0 Å². The van der Waals surface area contributed by atoms with Crippen LogP contribution in [-0.4, -0.2) is 41.3 Å². The van der Waals surface area contributed by atoms with Gasteiger partial charge in [0.15, 0.2) is 11.6 Å². The van der Waals surface area contributed by atoms with Crippen molar-refractivity contribution in [1.82, 2.24) is 9.97 Å². The van der Waals surface area contributed by atoms with Gasteiger partial charge in [-0.15, -0.1) is 0 Å². The quantitative estimate of drug-likeness (QED) is 0.821. The molecule has 5 nitrogen and oxygen atoms in total. The van der Waals surface area contributed by atoms with E-state index in [0.717, 1.165) is 38.9 Å². The van der Waals surface area contributed by atoms with E-state index in [2.05, 4.69) is 22.2 Å². The van der Waals surface area contributed by atoms with E-state index in [0.29, 0.717) is 17.7 Å². The van der Waals surface area contributed by atoms with Crippen molar-refractivity contribution < 1.29 is 9.50 Å². The summed E-state index contributed by atoms with van der Waals surface area (Å²) in [6, 6.07) is 0. The van der Waals surface area contributed by atoms with Crippen molar-refractivity contribution in [3.8, 4) is 0 Å². The molecule has 2 rings (SSSR count). The molecule has 1 saturated heterocycles. The van der Waals surface area contributed by atoms with Crippen LogP contribution in [-0.2, 0) is 0 Å². The minimum absolute atomic E-state index is 0.189. The van der Waals surface area contributed by atoms with Gasteiger partial charge in [-0.3, -0.25) is 0 Å². The lowest BCUT2D eigenvalue weighted by Gasteiger charge is -2.18. The van der Waals surface area contributed by atoms with Gasteiger partial charge in [-0.05, 0) is 25.2 Å². The molecule has 1 aliphatic heterocycles. The van der Waals surface area contributed by atoms with Gasteiger partial charge in [0.05, 0.1) is 6.20 Å². The first-order valence-electron chi connectivity index (χ1n) is 6.86. The number of aliphatic hydroxyl groups is 1. The number of hydrogen-bond acceptors (Lipinski definition) is 5. The molecular formula is C13H21FN4O. The first-order chi connectivity index (χ1) is 9.24. The summed E-state index contributed by atoms with van der Waals surface area (Å²) in [4.78, 5) is 10.1. The maximum atomic E-state index is 13.8. The molecule has 1 aromatic rings. The van der Waals surface area contributed by atoms with Crippen LogP contribution in [0.15, 0.2) is 6.20 Å². The van der Waals surface area contributed by atoms with Gasteiger partial charge < -0.3 is 15.3 Å². The molecule has 0 amide bonds. The molecule has 1 fully saturated rings. The highest BCUT2D eigenvalue weighted by molar-refractivity contribution is 5.44. The zero-order valence-corrected chi connectivity index (χ0v) is 11.3. The van der Waals surface area contributed by atoms with Crippen molar-refractivity contribution in [3.05, 3.63) is 12.0 Å². The molecule has 106 valence electrons. The second-order valence-electron chi connectivity index (χ2n) is 4.90. The van der Waals surface area contributed by atoms with Gasteiger partial charge in [0.1, 0.15) is 0 Å². The Bertz CT molecular complexity index is 416. The molecule has 1 aromatic heterocycles. The summed E-state index contributed by atoms with van der Waals surface area (Å²) < 4.78 is 13.8. The third kappa shape index (κ3) is 3.53. The molecule has 0 aromatic carbocycles. The normalized spacial score (nSPS) is 18.9. The van der Waals surface area contributed by atoms with E-state index in [1.807, 2.05) is 4.90 Å². The number of anilines is 2. The van der Waals surface area contributed by atoms with Crippen molar-refractivity contribution >= 4 is 11.8 Å². The Morgan fingerprint density at radius 2 is 2.42 bits per heavy atom. The zero-order valence-electron chi connectivity index (χ0n) is 11.3. The Labute approximate surface area is 112 Å². The molecule has 0 aliphatic carbocycles. The topological polar surface area (TPSA) is 61.3 Å². The Hall–Kier alpha value is -1.43. The van der Waals surface area contributed by atoms with Crippen molar-refractivity contribution in [1.29, 1.82) is 0 Å². The van der Waals surface area contributed by atoms with E-state index in [4.69, 9.17) is 5.11 Å². The van der Waals surface area contributed by atoms with Crippen LogP contribution in [0, 0.1) is 11.7 Å². The van der Waals surface area contributed by atoms with Crippen molar-refractivity contribution in [2.45, 2.75) is 26.2 Å². The molecule has 19 heavy (non-hydrogen) atoms. The van der Waals surface area contributed by atoms with E-state index in [9.17, 15) is 4.39 Å². The highest BCUT2D eigenvalue weighted by atomic mass is 19.1. The predicted octanol–water partition coefficient (Wildman–Crippen LogP) is 1.65. The van der Waals surface area contributed by atoms with E-state index in [-0.39, 0.29) is 12.4 Å². The lowest BCUT2D eigenvalue weighted by atomic mass is 10.1. The van der Waals surface area contributed by atoms with Gasteiger partial charge in [0.25, 0.3) is 0 Å². The van der Waals surface area contributed by atoms with Gasteiger partial charge in [0, 0.05) is 26.2 Å². The number of aliphatic hydroxyl groups excluding tert-OH is 1. The van der Waals surface area contributed by atoms with Gasteiger partial charge in [-0.25, -0.2) is 9.37 Å². The van der Waals surface area contributed by atoms with Crippen LogP contribution in [0.1, 0.15) is 26.2 Å². The summed E-state index contributed by atoms with van der Waals surface area (Å²) >= 11 is 0. The van der Waals surface area contributed by atoms with Crippen molar-refractivity contribution in [2.24, 2.45) is 5.92 Å². The lowest BCUT2D eigenvalue weighted by Crippen LogP contribution is -2.23. The highest BCUT2D eigenvalue weighted by Gasteiger charge is 2.25. The Morgan fingerprint density at radius 1 is 1.58 bits per heavy atom. The fourth-order valence-corrected chi connectivity index (χ4v) is 2.35. The lowest BCUT2D eigenvalue weighted by molar-refractivity contribution is 0.263. The second-order valence-corrected chi connectivity index (χ2v) is 4.90. The third-order valence-electron chi connectivity index (χ3n) is 3.38. The first-order valence-corrected chi connectivity index (χ1v) is 6.86. The van der Waals surface area contributed by atoms with E-state index in [1.165, 1.54) is 6.20 Å². The molecular weight excluding hydrogens is 247 g/mol. The van der Waals surface area contributed by atoms with E-state index < -0.39 is 0 Å². The number of nitrogens with zero attached hydrogens (tertiary/aromatic N) is 3. The third-order valence-corrected chi connectivity index (χ3v) is 3.38. The molecule has 0 spiro atoms. The van der Waals surface area contributed by atoms with Crippen molar-refractivity contribution in [2.75, 3.05) is 36.5 Å². The summed E-state index contributed by atoms with van der Waals surface area (Å²) in [6.07, 6.45) is 3.93. The van der Waals surface area contributed by atoms with Crippen molar-refractivity contribution in [3.63, 3.8) is 0 Å². The fraction of sp³-hybridized carbons (Fsp3) is 0.692. The Balaban J connectivity index is 2.06. The predicted molar refractivity (Wildman–Crippen MR) is 72.8 cm³/mol. The van der Waals surface area contributed by atoms with Crippen LogP contribution in [0.25, 0.3) is 0 Å². The molecule has 6 heteroatoms. The number of aromatic nitrogens is 2. The fourth-order valence-electron chi connectivity index (χ4n) is 2.35. The van der Waals surface area contributed by atoms with E-state index in [1.54, 1.807) is 0 Å². The standard InChI is InChI=1S/C13H21FN4O/c1-2-5-15-13-16-8-11(14)12(17-13)18-6-3-10(9-18)4-7-19/h8,10,19H,2-7,9H2,1H3,(H,15,16,17). The van der Waals surface area contributed by atoms with Crippen LogP contribution < -0.4 is 10.2 Å². The maximum absolute atomic E-state index is 13.8. The molecule has 0 saturated carbocycles. The van der Waals surface area contributed by atoms with Gasteiger partial charge in [-0.1, -0.05) is 6.92 Å². The SMILES string of the molecule is CCCNc1ncc(F)c(N2CCC(CCO)C2)n1. The van der Waals surface area contributed by atoms with Crippen LogP contribution in [0.4, 0.5) is 16.2 Å². The summed E-state index contributed by atoms with van der Waals surface area (Å²) in [6.45, 7) is 4.55. The smallest absolute Gasteiger partial charge is 0.224 e. The largest absolute Gasteiger partial charge is 0.396 e. The maximum Gasteiger partial charge on any atom is 0.224 e. The van der Waals surface area contributed by atoms with E-state index >= 15 is 0 Å².